The number of carbonyl (C=O) groups is 2. The number of rotatable bonds is 15. The van der Waals surface area contributed by atoms with Crippen molar-refractivity contribution in [2.45, 2.75) is 72.4 Å². The van der Waals surface area contributed by atoms with Gasteiger partial charge in [-0.25, -0.2) is 0 Å². The molecule has 0 spiro atoms. The first-order valence-electron chi connectivity index (χ1n) is 13.5. The van der Waals surface area contributed by atoms with Crippen LogP contribution in [0.4, 0.5) is 0 Å². The summed E-state index contributed by atoms with van der Waals surface area (Å²) in [7, 11) is 0. The Bertz CT molecular complexity index is 985. The van der Waals surface area contributed by atoms with Crippen molar-refractivity contribution < 1.29 is 19.8 Å². The molecule has 2 aromatic rings. The van der Waals surface area contributed by atoms with E-state index in [1.165, 1.54) is 0 Å². The van der Waals surface area contributed by atoms with Gasteiger partial charge < -0.3 is 25.7 Å². The van der Waals surface area contributed by atoms with Gasteiger partial charge in [-0.05, 0) is 86.5 Å². The number of aryl methyl sites for hydroxylation is 1. The monoisotopic (exact) mass is 511 g/mol. The molecule has 0 heterocycles. The lowest BCUT2D eigenvalue weighted by Gasteiger charge is -2.25. The van der Waals surface area contributed by atoms with Gasteiger partial charge in [0.25, 0.3) is 11.8 Å². The van der Waals surface area contributed by atoms with E-state index in [0.717, 1.165) is 36.9 Å². The molecule has 7 heteroatoms. The van der Waals surface area contributed by atoms with Gasteiger partial charge >= 0.3 is 0 Å². The molecule has 0 radical (unpaired) electrons. The van der Waals surface area contributed by atoms with Crippen LogP contribution in [0.2, 0.25) is 0 Å². The van der Waals surface area contributed by atoms with E-state index in [2.05, 4.69) is 24.5 Å². The number of hydrogen-bond acceptors (Lipinski definition) is 5. The molecule has 2 amide bonds. The molecule has 0 saturated heterocycles. The van der Waals surface area contributed by atoms with E-state index in [0.29, 0.717) is 43.1 Å². The van der Waals surface area contributed by atoms with Gasteiger partial charge in [0, 0.05) is 30.8 Å². The van der Waals surface area contributed by atoms with E-state index >= 15 is 0 Å². The van der Waals surface area contributed by atoms with Crippen molar-refractivity contribution in [1.29, 1.82) is 0 Å². The Hall–Kier alpha value is -2.90. The minimum atomic E-state index is -0.819. The molecule has 0 aliphatic carbocycles. The maximum atomic E-state index is 13.4. The predicted molar refractivity (Wildman–Crippen MR) is 149 cm³/mol. The number of benzene rings is 2. The number of aromatic hydroxyl groups is 1. The summed E-state index contributed by atoms with van der Waals surface area (Å²) in [5.74, 6) is 0.315. The molecule has 0 fully saturated rings. The van der Waals surface area contributed by atoms with Crippen LogP contribution in [0.15, 0.2) is 42.5 Å². The number of hydrogen-bond donors (Lipinski definition) is 4. The standard InChI is InChI=1S/C30H45N3O4/c1-6-14-33(15-7-2)30(37)25-17-22(5)16-24(19-25)29(36)32-27(18-23-8-10-26(34)11-9-23)28(35)20-31-13-12-21(3)4/h8-11,16-17,19,21,27-28,31,34-35H,6-7,12-15,18,20H2,1-5H3,(H,32,36)/t27-,28+/m0/s1. The lowest BCUT2D eigenvalue weighted by Crippen LogP contribution is -2.49. The molecule has 204 valence electrons. The fourth-order valence-electron chi connectivity index (χ4n) is 4.28. The second kappa shape index (κ2) is 15.4. The summed E-state index contributed by atoms with van der Waals surface area (Å²) in [6, 6.07) is 11.4. The third-order valence-corrected chi connectivity index (χ3v) is 6.29. The van der Waals surface area contributed by atoms with Crippen LogP contribution in [-0.4, -0.2) is 65.3 Å². The van der Waals surface area contributed by atoms with E-state index in [9.17, 15) is 19.8 Å². The van der Waals surface area contributed by atoms with Crippen LogP contribution in [-0.2, 0) is 6.42 Å². The lowest BCUT2D eigenvalue weighted by molar-refractivity contribution is 0.0755. The molecule has 4 N–H and O–H groups in total. The van der Waals surface area contributed by atoms with Crippen molar-refractivity contribution in [2.75, 3.05) is 26.2 Å². The van der Waals surface area contributed by atoms with Crippen molar-refractivity contribution in [1.82, 2.24) is 15.5 Å². The van der Waals surface area contributed by atoms with Crippen molar-refractivity contribution >= 4 is 11.8 Å². The Morgan fingerprint density at radius 1 is 0.973 bits per heavy atom. The van der Waals surface area contributed by atoms with Crippen LogP contribution < -0.4 is 10.6 Å². The minimum Gasteiger partial charge on any atom is -0.508 e. The van der Waals surface area contributed by atoms with Crippen LogP contribution in [0.25, 0.3) is 0 Å². The van der Waals surface area contributed by atoms with Gasteiger partial charge in [-0.1, -0.05) is 39.8 Å². The first-order valence-corrected chi connectivity index (χ1v) is 13.5. The summed E-state index contributed by atoms with van der Waals surface area (Å²) >= 11 is 0. The Morgan fingerprint density at radius 3 is 2.19 bits per heavy atom. The zero-order valence-electron chi connectivity index (χ0n) is 23.1. The molecule has 0 aromatic heterocycles. The average molecular weight is 512 g/mol. The maximum absolute atomic E-state index is 13.4. The van der Waals surface area contributed by atoms with Crippen LogP contribution >= 0.6 is 0 Å². The van der Waals surface area contributed by atoms with Gasteiger partial charge in [0.2, 0.25) is 0 Å². The number of nitrogens with zero attached hydrogens (tertiary/aromatic N) is 1. The van der Waals surface area contributed by atoms with Gasteiger partial charge in [0.15, 0.2) is 0 Å². The zero-order chi connectivity index (χ0) is 27.4. The molecule has 0 aliphatic rings. The summed E-state index contributed by atoms with van der Waals surface area (Å²) < 4.78 is 0. The number of phenolic OH excluding ortho intramolecular Hbond substituents is 1. The lowest BCUT2D eigenvalue weighted by atomic mass is 9.99. The molecule has 0 aliphatic heterocycles. The minimum absolute atomic E-state index is 0.0727. The molecular weight excluding hydrogens is 466 g/mol. The quantitative estimate of drug-likeness (QED) is 0.267. The molecule has 0 saturated carbocycles. The van der Waals surface area contributed by atoms with Crippen molar-refractivity contribution in [3.05, 3.63) is 64.7 Å². The normalized spacial score (nSPS) is 12.8. The molecule has 2 rings (SSSR count). The number of aliphatic hydroxyl groups excluding tert-OH is 1. The summed E-state index contributed by atoms with van der Waals surface area (Å²) in [6.07, 6.45) is 2.31. The molecule has 2 aromatic carbocycles. The van der Waals surface area contributed by atoms with Crippen molar-refractivity contribution in [3.8, 4) is 5.75 Å². The van der Waals surface area contributed by atoms with Gasteiger partial charge in [-0.15, -0.1) is 0 Å². The molecule has 0 bridgehead atoms. The molecule has 0 unspecified atom stereocenters. The average Bonchev–Trinajstić information content (AvgIpc) is 2.86. The fourth-order valence-corrected chi connectivity index (χ4v) is 4.28. The van der Waals surface area contributed by atoms with E-state index in [4.69, 9.17) is 0 Å². The Labute approximate surface area is 222 Å². The second-order valence-electron chi connectivity index (χ2n) is 10.3. The van der Waals surface area contributed by atoms with E-state index in [-0.39, 0.29) is 17.6 Å². The summed E-state index contributed by atoms with van der Waals surface area (Å²) in [5, 5.41) is 26.9. The first-order chi connectivity index (χ1) is 17.6. The number of phenols is 1. The molecular formula is C30H45N3O4. The number of nitrogens with one attached hydrogen (secondary N) is 2. The van der Waals surface area contributed by atoms with E-state index < -0.39 is 12.1 Å². The Morgan fingerprint density at radius 2 is 1.59 bits per heavy atom. The third-order valence-electron chi connectivity index (χ3n) is 6.29. The van der Waals surface area contributed by atoms with Crippen LogP contribution in [0.5, 0.6) is 5.75 Å². The second-order valence-corrected chi connectivity index (χ2v) is 10.3. The maximum Gasteiger partial charge on any atom is 0.253 e. The largest absolute Gasteiger partial charge is 0.508 e. The van der Waals surface area contributed by atoms with Gasteiger partial charge in [-0.3, -0.25) is 9.59 Å². The van der Waals surface area contributed by atoms with Crippen LogP contribution in [0.3, 0.4) is 0 Å². The van der Waals surface area contributed by atoms with Gasteiger partial charge in [0.1, 0.15) is 5.75 Å². The van der Waals surface area contributed by atoms with Gasteiger partial charge in [-0.2, -0.15) is 0 Å². The van der Waals surface area contributed by atoms with Gasteiger partial charge in [0.05, 0.1) is 12.1 Å². The zero-order valence-corrected chi connectivity index (χ0v) is 23.1. The van der Waals surface area contributed by atoms with E-state index in [1.807, 2.05) is 31.7 Å². The highest BCUT2D eigenvalue weighted by Gasteiger charge is 2.24. The predicted octanol–water partition coefficient (Wildman–Crippen LogP) is 4.30. The highest BCUT2D eigenvalue weighted by molar-refractivity contribution is 6.00. The topological polar surface area (TPSA) is 102 Å². The SMILES string of the molecule is CCCN(CCC)C(=O)c1cc(C)cc(C(=O)N[C@@H](Cc2ccc(O)cc2)[C@H](O)CNCCC(C)C)c1. The Balaban J connectivity index is 2.22. The number of amides is 2. The number of carbonyl (C=O) groups excluding carboxylic acids is 2. The number of aliphatic hydroxyl groups is 1. The summed E-state index contributed by atoms with van der Waals surface area (Å²) in [4.78, 5) is 28.4. The van der Waals surface area contributed by atoms with Crippen LogP contribution in [0, 0.1) is 12.8 Å². The molecule has 7 nitrogen and oxygen atoms in total. The van der Waals surface area contributed by atoms with Crippen molar-refractivity contribution in [3.63, 3.8) is 0 Å². The first kappa shape index (κ1) is 30.3. The highest BCUT2D eigenvalue weighted by Crippen LogP contribution is 2.16. The summed E-state index contributed by atoms with van der Waals surface area (Å²) in [6.45, 7) is 12.7. The fraction of sp³-hybridized carbons (Fsp3) is 0.533. The summed E-state index contributed by atoms with van der Waals surface area (Å²) in [5.41, 5.74) is 2.61. The highest BCUT2D eigenvalue weighted by atomic mass is 16.3. The smallest absolute Gasteiger partial charge is 0.253 e. The molecule has 37 heavy (non-hydrogen) atoms. The van der Waals surface area contributed by atoms with Crippen LogP contribution in [0.1, 0.15) is 78.8 Å². The van der Waals surface area contributed by atoms with Crippen molar-refractivity contribution in [2.24, 2.45) is 5.92 Å². The Kier molecular flexibility index (Phi) is 12.6. The molecule has 2 atom stereocenters. The van der Waals surface area contributed by atoms with E-state index in [1.54, 1.807) is 36.4 Å². The third kappa shape index (κ3) is 10.2.